The van der Waals surface area contributed by atoms with Gasteiger partial charge in [-0.1, -0.05) is 13.8 Å². The third kappa shape index (κ3) is 3.85. The van der Waals surface area contributed by atoms with Gasteiger partial charge in [0.2, 0.25) is 0 Å². The topological polar surface area (TPSA) is 65.0 Å². The zero-order chi connectivity index (χ0) is 15.4. The van der Waals surface area contributed by atoms with Gasteiger partial charge in [0.15, 0.2) is 0 Å². The van der Waals surface area contributed by atoms with Crippen molar-refractivity contribution >= 4 is 17.3 Å². The molecule has 0 bridgehead atoms. The molecule has 0 N–H and O–H groups in total. The highest BCUT2D eigenvalue weighted by Crippen LogP contribution is 2.19. The summed E-state index contributed by atoms with van der Waals surface area (Å²) in [5.41, 5.74) is 2.18. The second-order valence-electron chi connectivity index (χ2n) is 5.02. The Bertz CT molecular complexity index is 638. The lowest BCUT2D eigenvalue weighted by Crippen LogP contribution is -2.13. The number of aromatic nitrogens is 3. The molecule has 0 saturated heterocycles. The summed E-state index contributed by atoms with van der Waals surface area (Å²) in [4.78, 5) is 25.2. The first-order chi connectivity index (χ1) is 10.0. The monoisotopic (exact) mass is 305 g/mol. The van der Waals surface area contributed by atoms with Crippen molar-refractivity contribution in [1.29, 1.82) is 0 Å². The molecule has 0 radical (unpaired) electrons. The molecule has 0 spiro atoms. The van der Waals surface area contributed by atoms with Crippen LogP contribution >= 0.6 is 11.3 Å². The second kappa shape index (κ2) is 6.76. The number of hydrogen-bond acceptors (Lipinski definition) is 6. The van der Waals surface area contributed by atoms with Crippen molar-refractivity contribution in [3.05, 3.63) is 39.4 Å². The first kappa shape index (κ1) is 15.6. The number of aryl methyl sites for hydroxylation is 1. The predicted octanol–water partition coefficient (Wildman–Crippen LogP) is 3.13. The van der Waals surface area contributed by atoms with Crippen LogP contribution in [0, 0.1) is 6.92 Å². The minimum absolute atomic E-state index is 0.129. The van der Waals surface area contributed by atoms with E-state index in [1.807, 2.05) is 26.2 Å². The molecule has 0 aromatic carbocycles. The van der Waals surface area contributed by atoms with E-state index in [4.69, 9.17) is 4.74 Å². The van der Waals surface area contributed by atoms with Gasteiger partial charge in [0, 0.05) is 17.3 Å². The predicted molar refractivity (Wildman–Crippen MR) is 81.7 cm³/mol. The fraction of sp³-hybridized carbons (Fsp3) is 0.467. The Morgan fingerprint density at radius 3 is 2.71 bits per heavy atom. The quantitative estimate of drug-likeness (QED) is 0.794. The molecule has 0 amide bonds. The molecular weight excluding hydrogens is 286 g/mol. The fourth-order valence-electron chi connectivity index (χ4n) is 1.94. The normalized spacial score (nSPS) is 10.9. The lowest BCUT2D eigenvalue weighted by Gasteiger charge is -2.11. The summed E-state index contributed by atoms with van der Waals surface area (Å²) in [6.07, 6.45) is 2.15. The van der Waals surface area contributed by atoms with Gasteiger partial charge >= 0.3 is 5.97 Å². The number of thiazole rings is 1. The summed E-state index contributed by atoms with van der Waals surface area (Å²) in [5.74, 6) is 0.447. The summed E-state index contributed by atoms with van der Waals surface area (Å²) < 4.78 is 5.05. The van der Waals surface area contributed by atoms with Crippen molar-refractivity contribution in [1.82, 2.24) is 15.0 Å². The first-order valence-electron chi connectivity index (χ1n) is 6.95. The third-order valence-corrected chi connectivity index (χ3v) is 3.85. The summed E-state index contributed by atoms with van der Waals surface area (Å²) in [5, 5.41) is 2.98. The van der Waals surface area contributed by atoms with Gasteiger partial charge in [0.05, 0.1) is 24.3 Å². The minimum Gasteiger partial charge on any atom is -0.462 e. The summed E-state index contributed by atoms with van der Waals surface area (Å²) >= 11 is 1.59. The summed E-state index contributed by atoms with van der Waals surface area (Å²) in [7, 11) is 0. The van der Waals surface area contributed by atoms with Crippen molar-refractivity contribution in [2.45, 2.75) is 40.0 Å². The highest BCUT2D eigenvalue weighted by Gasteiger charge is 2.18. The number of nitrogens with zero attached hydrogens (tertiary/aromatic N) is 3. The van der Waals surface area contributed by atoms with E-state index >= 15 is 0 Å². The molecule has 0 aliphatic carbocycles. The van der Waals surface area contributed by atoms with Gasteiger partial charge in [0.25, 0.3) is 0 Å². The van der Waals surface area contributed by atoms with E-state index in [-0.39, 0.29) is 11.9 Å². The number of carbonyl (C=O) groups excluding carboxylic acids is 1. The van der Waals surface area contributed by atoms with Gasteiger partial charge in [-0.2, -0.15) is 0 Å². The van der Waals surface area contributed by atoms with Crippen molar-refractivity contribution in [3.63, 3.8) is 0 Å². The Balaban J connectivity index is 2.29. The highest BCUT2D eigenvalue weighted by molar-refractivity contribution is 7.09. The van der Waals surface area contributed by atoms with Crippen molar-refractivity contribution in [2.24, 2.45) is 0 Å². The van der Waals surface area contributed by atoms with Crippen LogP contribution in [-0.4, -0.2) is 27.5 Å². The number of esters is 1. The maximum Gasteiger partial charge on any atom is 0.341 e. The average Bonchev–Trinajstić information content (AvgIpc) is 2.84. The van der Waals surface area contributed by atoms with Gasteiger partial charge in [-0.15, -0.1) is 11.3 Å². The molecule has 0 aliphatic rings. The summed E-state index contributed by atoms with van der Waals surface area (Å²) in [6, 6.07) is 0. The van der Waals surface area contributed by atoms with E-state index in [0.29, 0.717) is 24.4 Å². The molecule has 0 atom stereocenters. The largest absolute Gasteiger partial charge is 0.462 e. The molecule has 0 unspecified atom stereocenters. The van der Waals surface area contributed by atoms with E-state index in [1.165, 1.54) is 0 Å². The van der Waals surface area contributed by atoms with E-state index in [0.717, 1.165) is 16.4 Å². The second-order valence-corrected chi connectivity index (χ2v) is 5.96. The summed E-state index contributed by atoms with van der Waals surface area (Å²) in [6.45, 7) is 8.10. The van der Waals surface area contributed by atoms with Gasteiger partial charge in [-0.3, -0.25) is 0 Å². The van der Waals surface area contributed by atoms with Gasteiger partial charge in [0.1, 0.15) is 10.8 Å². The smallest absolute Gasteiger partial charge is 0.341 e. The van der Waals surface area contributed by atoms with Gasteiger partial charge < -0.3 is 4.74 Å². The Labute approximate surface area is 128 Å². The molecule has 2 aromatic rings. The number of carbonyl (C=O) groups is 1. The molecule has 0 saturated carbocycles. The SMILES string of the molecule is CCOC(=O)c1cnc(Cc2nc(C)cs2)nc1C(C)C. The maximum atomic E-state index is 11.9. The van der Waals surface area contributed by atoms with E-state index in [9.17, 15) is 4.79 Å². The lowest BCUT2D eigenvalue weighted by molar-refractivity contribution is 0.0523. The van der Waals surface area contributed by atoms with Crippen molar-refractivity contribution in [3.8, 4) is 0 Å². The minimum atomic E-state index is -0.363. The maximum absolute atomic E-state index is 11.9. The van der Waals surface area contributed by atoms with Crippen molar-refractivity contribution in [2.75, 3.05) is 6.61 Å². The molecule has 6 heteroatoms. The van der Waals surface area contributed by atoms with Crippen LogP contribution in [0.5, 0.6) is 0 Å². The molecule has 2 heterocycles. The lowest BCUT2D eigenvalue weighted by atomic mass is 10.1. The zero-order valence-corrected chi connectivity index (χ0v) is 13.5. The molecule has 0 aliphatic heterocycles. The van der Waals surface area contributed by atoms with Gasteiger partial charge in [-0.05, 0) is 19.8 Å². The number of rotatable bonds is 5. The van der Waals surface area contributed by atoms with E-state index < -0.39 is 0 Å². The molecule has 2 aromatic heterocycles. The average molecular weight is 305 g/mol. The number of ether oxygens (including phenoxy) is 1. The van der Waals surface area contributed by atoms with Crippen LogP contribution in [0.3, 0.4) is 0 Å². The van der Waals surface area contributed by atoms with Crippen LogP contribution in [0.25, 0.3) is 0 Å². The van der Waals surface area contributed by atoms with Crippen LogP contribution in [0.2, 0.25) is 0 Å². The Morgan fingerprint density at radius 2 is 2.14 bits per heavy atom. The van der Waals surface area contributed by atoms with Crippen LogP contribution < -0.4 is 0 Å². The molecule has 2 rings (SSSR count). The molecular formula is C15H19N3O2S. The van der Waals surface area contributed by atoms with Crippen LogP contribution in [0.15, 0.2) is 11.6 Å². The Morgan fingerprint density at radius 1 is 1.38 bits per heavy atom. The van der Waals surface area contributed by atoms with E-state index in [1.54, 1.807) is 24.5 Å². The molecule has 5 nitrogen and oxygen atoms in total. The zero-order valence-electron chi connectivity index (χ0n) is 12.7. The molecule has 0 fully saturated rings. The van der Waals surface area contributed by atoms with Crippen LogP contribution in [-0.2, 0) is 11.2 Å². The van der Waals surface area contributed by atoms with E-state index in [2.05, 4.69) is 15.0 Å². The first-order valence-corrected chi connectivity index (χ1v) is 7.83. The molecule has 21 heavy (non-hydrogen) atoms. The van der Waals surface area contributed by atoms with Crippen LogP contribution in [0.4, 0.5) is 0 Å². The Hall–Kier alpha value is -1.82. The fourth-order valence-corrected chi connectivity index (χ4v) is 2.71. The highest BCUT2D eigenvalue weighted by atomic mass is 32.1. The Kier molecular flexibility index (Phi) is 5.01. The number of hydrogen-bond donors (Lipinski definition) is 0. The van der Waals surface area contributed by atoms with Crippen molar-refractivity contribution < 1.29 is 9.53 Å². The van der Waals surface area contributed by atoms with Gasteiger partial charge in [-0.25, -0.2) is 19.7 Å². The standard InChI is InChI=1S/C15H19N3O2S/c1-5-20-15(19)11-7-16-12(18-14(11)9(2)3)6-13-17-10(4)8-21-13/h7-9H,5-6H2,1-4H3. The third-order valence-electron chi connectivity index (χ3n) is 2.89. The molecule has 112 valence electrons. The van der Waals surface area contributed by atoms with Crippen LogP contribution in [0.1, 0.15) is 59.3 Å².